The van der Waals surface area contributed by atoms with Crippen molar-refractivity contribution in [3.63, 3.8) is 0 Å². The normalized spacial score (nSPS) is 17.2. The number of benzene rings is 2. The van der Waals surface area contributed by atoms with Gasteiger partial charge in [-0.1, -0.05) is 62.8 Å². The van der Waals surface area contributed by atoms with E-state index in [4.69, 9.17) is 17.3 Å². The molecule has 1 atom stereocenters. The topological polar surface area (TPSA) is 125 Å². The minimum absolute atomic E-state index is 0.00815. The van der Waals surface area contributed by atoms with E-state index in [9.17, 15) is 14.9 Å². The average Bonchev–Trinajstić information content (AvgIpc) is 3.36. The molecule has 0 spiro atoms. The van der Waals surface area contributed by atoms with Crippen LogP contribution in [0, 0.1) is 17.1 Å². The number of hydrogen-bond donors (Lipinski definition) is 2. The lowest BCUT2D eigenvalue weighted by molar-refractivity contribution is -0.116. The predicted molar refractivity (Wildman–Crippen MR) is 153 cm³/mol. The van der Waals surface area contributed by atoms with E-state index >= 15 is 4.39 Å². The Labute approximate surface area is 244 Å². The van der Waals surface area contributed by atoms with E-state index in [1.165, 1.54) is 41.3 Å². The Morgan fingerprint density at radius 3 is 2.85 bits per heavy atom. The van der Waals surface area contributed by atoms with Crippen molar-refractivity contribution in [2.45, 2.75) is 29.5 Å². The summed E-state index contributed by atoms with van der Waals surface area (Å²) in [6.45, 7) is 0. The maximum absolute atomic E-state index is 15.0. The van der Waals surface area contributed by atoms with Crippen LogP contribution < -0.4 is 16.0 Å². The van der Waals surface area contributed by atoms with Crippen molar-refractivity contribution >= 4 is 73.1 Å². The van der Waals surface area contributed by atoms with Crippen LogP contribution in [0.1, 0.15) is 30.7 Å². The molecule has 3 N–H and O–H groups in total. The molecule has 0 radical (unpaired) electrons. The van der Waals surface area contributed by atoms with Crippen LogP contribution in [0.25, 0.3) is 0 Å². The molecule has 3 aromatic rings. The number of anilines is 2. The summed E-state index contributed by atoms with van der Waals surface area (Å²) in [5.41, 5.74) is 8.07. The Balaban J connectivity index is 1.45. The van der Waals surface area contributed by atoms with Gasteiger partial charge in [-0.2, -0.15) is 5.26 Å². The molecule has 39 heavy (non-hydrogen) atoms. The summed E-state index contributed by atoms with van der Waals surface area (Å²) >= 11 is 12.1. The molecule has 1 unspecified atom stereocenters. The number of carbonyl (C=O) groups is 2. The molecule has 1 amide bonds. The van der Waals surface area contributed by atoms with Crippen LogP contribution in [0.5, 0.6) is 0 Å². The standard InChI is InChI=1S/C26H19BrClFN6O2S2/c27-13-4-1-5-14(10-13)32-20(37)12-38-26-34-33-25(39-26)35-18-8-3-9-19(36)23(18)21(15(11-30)24(35)31)22-16(28)6-2-7-17(22)29/h1-2,4-7,10,21H,3,8-9,12,31H2,(H,32,37). The zero-order valence-electron chi connectivity index (χ0n) is 20.1. The second kappa shape index (κ2) is 11.5. The Hall–Kier alpha value is -3.24. The first-order valence-corrected chi connectivity index (χ1v) is 14.7. The Morgan fingerprint density at radius 2 is 2.10 bits per heavy atom. The number of nitrogens with two attached hydrogens (primary N) is 1. The van der Waals surface area contributed by atoms with Crippen LogP contribution in [-0.4, -0.2) is 27.6 Å². The van der Waals surface area contributed by atoms with E-state index in [-0.39, 0.29) is 51.4 Å². The minimum Gasteiger partial charge on any atom is -0.384 e. The van der Waals surface area contributed by atoms with Gasteiger partial charge < -0.3 is 11.1 Å². The van der Waals surface area contributed by atoms with Gasteiger partial charge in [0.25, 0.3) is 0 Å². The molecule has 2 aliphatic rings. The molecule has 2 aromatic carbocycles. The van der Waals surface area contributed by atoms with E-state index in [2.05, 4.69) is 37.5 Å². The number of ketones is 1. The number of thioether (sulfide) groups is 1. The van der Waals surface area contributed by atoms with Gasteiger partial charge in [0.1, 0.15) is 11.6 Å². The molecule has 198 valence electrons. The van der Waals surface area contributed by atoms with Crippen molar-refractivity contribution in [2.75, 3.05) is 16.0 Å². The second-order valence-corrected chi connectivity index (χ2v) is 12.2. The Morgan fingerprint density at radius 1 is 1.31 bits per heavy atom. The van der Waals surface area contributed by atoms with E-state index in [0.29, 0.717) is 33.7 Å². The first kappa shape index (κ1) is 27.3. The number of Topliss-reactive ketones (excluding diaryl/α,β-unsaturated/α-hetero) is 1. The van der Waals surface area contributed by atoms with Crippen LogP contribution >= 0.6 is 50.6 Å². The highest BCUT2D eigenvalue weighted by atomic mass is 79.9. The summed E-state index contributed by atoms with van der Waals surface area (Å²) in [4.78, 5) is 27.2. The molecule has 2 heterocycles. The fourth-order valence-corrected chi connectivity index (χ4v) is 6.97. The summed E-state index contributed by atoms with van der Waals surface area (Å²) in [5.74, 6) is -1.93. The van der Waals surface area contributed by atoms with Crippen LogP contribution in [0.15, 0.2) is 73.9 Å². The van der Waals surface area contributed by atoms with Crippen molar-refractivity contribution in [1.29, 1.82) is 5.26 Å². The Kier molecular flexibility index (Phi) is 8.04. The number of allylic oxidation sites excluding steroid dienone is 3. The molecule has 13 heteroatoms. The van der Waals surface area contributed by atoms with Crippen molar-refractivity contribution in [3.05, 3.63) is 86.0 Å². The van der Waals surface area contributed by atoms with E-state index in [1.54, 1.807) is 17.0 Å². The molecule has 8 nitrogen and oxygen atoms in total. The monoisotopic (exact) mass is 644 g/mol. The minimum atomic E-state index is -1.02. The largest absolute Gasteiger partial charge is 0.384 e. The molecule has 1 aliphatic heterocycles. The number of amides is 1. The molecular weight excluding hydrogens is 627 g/mol. The van der Waals surface area contributed by atoms with Gasteiger partial charge in [0.2, 0.25) is 11.0 Å². The summed E-state index contributed by atoms with van der Waals surface area (Å²) < 4.78 is 16.4. The zero-order valence-corrected chi connectivity index (χ0v) is 24.1. The summed E-state index contributed by atoms with van der Waals surface area (Å²) in [5, 5.41) is 21.8. The summed E-state index contributed by atoms with van der Waals surface area (Å²) in [6.07, 6.45) is 1.30. The summed E-state index contributed by atoms with van der Waals surface area (Å²) in [6, 6.07) is 13.6. The van der Waals surface area contributed by atoms with Crippen molar-refractivity contribution in [2.24, 2.45) is 5.73 Å². The zero-order chi connectivity index (χ0) is 27.7. The van der Waals surface area contributed by atoms with Gasteiger partial charge in [0.15, 0.2) is 10.1 Å². The number of nitriles is 1. The number of halogens is 3. The number of nitrogens with one attached hydrogen (secondary N) is 1. The highest BCUT2D eigenvalue weighted by molar-refractivity contribution is 9.10. The highest BCUT2D eigenvalue weighted by Gasteiger charge is 2.42. The van der Waals surface area contributed by atoms with Crippen molar-refractivity contribution in [3.8, 4) is 6.07 Å². The van der Waals surface area contributed by atoms with Crippen molar-refractivity contribution < 1.29 is 14.0 Å². The molecule has 5 rings (SSSR count). The lowest BCUT2D eigenvalue weighted by Crippen LogP contribution is -2.39. The second-order valence-electron chi connectivity index (χ2n) is 8.65. The van der Waals surface area contributed by atoms with Gasteiger partial charge in [-0.05, 0) is 43.2 Å². The van der Waals surface area contributed by atoms with Gasteiger partial charge in [0.05, 0.1) is 23.3 Å². The van der Waals surface area contributed by atoms with Gasteiger partial charge >= 0.3 is 0 Å². The van der Waals surface area contributed by atoms with Gasteiger partial charge in [-0.15, -0.1) is 10.2 Å². The van der Waals surface area contributed by atoms with Gasteiger partial charge in [-0.25, -0.2) is 4.39 Å². The molecular formula is C26H19BrClFN6O2S2. The molecule has 1 aromatic heterocycles. The lowest BCUT2D eigenvalue weighted by Gasteiger charge is -2.38. The third-order valence-electron chi connectivity index (χ3n) is 6.22. The van der Waals surface area contributed by atoms with E-state index < -0.39 is 11.7 Å². The smallest absolute Gasteiger partial charge is 0.234 e. The predicted octanol–water partition coefficient (Wildman–Crippen LogP) is 6.13. The molecule has 1 aliphatic carbocycles. The number of carbonyl (C=O) groups excluding carboxylic acids is 2. The maximum atomic E-state index is 15.0. The maximum Gasteiger partial charge on any atom is 0.234 e. The molecule has 0 bridgehead atoms. The first-order valence-electron chi connectivity index (χ1n) is 11.7. The Bertz CT molecular complexity index is 1580. The average molecular weight is 646 g/mol. The number of aromatic nitrogens is 2. The van der Waals surface area contributed by atoms with Gasteiger partial charge in [-0.3, -0.25) is 14.5 Å². The SMILES string of the molecule is N#CC1=C(N)N(c2nnc(SCC(=O)Nc3cccc(Br)c3)s2)C2=C(C(=O)CCC2)C1c1c(F)cccc1Cl. The fourth-order valence-electron chi connectivity index (χ4n) is 4.62. The first-order chi connectivity index (χ1) is 18.8. The fraction of sp³-hybridized carbons (Fsp3) is 0.192. The van der Waals surface area contributed by atoms with Gasteiger partial charge in [0, 0.05) is 38.4 Å². The van der Waals surface area contributed by atoms with E-state index in [1.807, 2.05) is 12.1 Å². The number of hydrogen-bond acceptors (Lipinski definition) is 9. The number of nitrogens with zero attached hydrogens (tertiary/aromatic N) is 4. The quantitative estimate of drug-likeness (QED) is 0.307. The molecule has 0 saturated carbocycles. The van der Waals surface area contributed by atoms with Crippen LogP contribution in [0.4, 0.5) is 15.2 Å². The summed E-state index contributed by atoms with van der Waals surface area (Å²) in [7, 11) is 0. The lowest BCUT2D eigenvalue weighted by atomic mass is 9.75. The van der Waals surface area contributed by atoms with Crippen LogP contribution in [0.3, 0.4) is 0 Å². The van der Waals surface area contributed by atoms with Crippen LogP contribution in [0.2, 0.25) is 5.02 Å². The van der Waals surface area contributed by atoms with E-state index in [0.717, 1.165) is 4.47 Å². The number of rotatable bonds is 6. The van der Waals surface area contributed by atoms with Crippen molar-refractivity contribution in [1.82, 2.24) is 10.2 Å². The highest BCUT2D eigenvalue weighted by Crippen LogP contribution is 2.48. The van der Waals surface area contributed by atoms with Crippen LogP contribution in [-0.2, 0) is 9.59 Å². The third kappa shape index (κ3) is 5.45. The molecule has 0 saturated heterocycles. The molecule has 0 fully saturated rings. The third-order valence-corrected chi connectivity index (χ3v) is 9.09.